The van der Waals surface area contributed by atoms with Crippen LogP contribution < -0.4 is 57.1 Å². The summed E-state index contributed by atoms with van der Waals surface area (Å²) in [6.07, 6.45) is 0. The van der Waals surface area contributed by atoms with Crippen LogP contribution in [0.5, 0.6) is 0 Å². The summed E-state index contributed by atoms with van der Waals surface area (Å²) >= 11 is 0. The van der Waals surface area contributed by atoms with Crippen molar-refractivity contribution in [1.29, 1.82) is 0 Å². The van der Waals surface area contributed by atoms with E-state index < -0.39 is 26.8 Å². The Kier molecular flexibility index (Phi) is 5.79. The smallest absolute Gasteiger partial charge is 0.744 e. The maximum atomic E-state index is 12.9. The first-order valence-corrected chi connectivity index (χ1v) is 9.40. The predicted octanol–water partition coefficient (Wildman–Crippen LogP) is -0.874. The minimum atomic E-state index is -4.75. The molecular formula is C19H13KN2O5S. The molecule has 136 valence electrons. The fourth-order valence-electron chi connectivity index (χ4n) is 3.29. The van der Waals surface area contributed by atoms with Gasteiger partial charge in [0, 0.05) is 27.6 Å². The molecule has 1 aliphatic heterocycles. The Balaban J connectivity index is 0.00000225. The Morgan fingerprint density at radius 1 is 0.893 bits per heavy atom. The van der Waals surface area contributed by atoms with Crippen molar-refractivity contribution in [3.63, 3.8) is 0 Å². The van der Waals surface area contributed by atoms with Crippen LogP contribution in [0, 0.1) is 0 Å². The third kappa shape index (κ3) is 3.55. The monoisotopic (exact) mass is 420 g/mol. The molecule has 0 bridgehead atoms. The van der Waals surface area contributed by atoms with Crippen LogP contribution in [0.15, 0.2) is 59.5 Å². The molecular weight excluding hydrogens is 407 g/mol. The largest absolute Gasteiger partial charge is 1.00 e. The van der Waals surface area contributed by atoms with Gasteiger partial charge in [-0.05, 0) is 35.9 Å². The van der Waals surface area contributed by atoms with E-state index in [1.807, 2.05) is 0 Å². The van der Waals surface area contributed by atoms with Crippen LogP contribution in [-0.2, 0) is 16.7 Å². The number of hydrogen-bond donors (Lipinski definition) is 1. The van der Waals surface area contributed by atoms with E-state index in [-0.39, 0.29) is 79.8 Å². The number of nitrogen functional groups attached to an aromatic ring is 1. The summed E-state index contributed by atoms with van der Waals surface area (Å²) in [5.41, 5.74) is 7.31. The van der Waals surface area contributed by atoms with Gasteiger partial charge in [-0.3, -0.25) is 14.5 Å². The van der Waals surface area contributed by atoms with Crippen molar-refractivity contribution in [3.05, 3.63) is 71.3 Å². The Hall–Kier alpha value is -1.59. The second-order valence-corrected chi connectivity index (χ2v) is 7.58. The van der Waals surface area contributed by atoms with E-state index in [1.54, 1.807) is 24.3 Å². The van der Waals surface area contributed by atoms with Gasteiger partial charge in [0.2, 0.25) is 0 Å². The van der Waals surface area contributed by atoms with Crippen LogP contribution in [0.3, 0.4) is 0 Å². The first-order chi connectivity index (χ1) is 12.8. The van der Waals surface area contributed by atoms with Crippen LogP contribution in [0.2, 0.25) is 0 Å². The Morgan fingerprint density at radius 2 is 1.50 bits per heavy atom. The molecule has 4 rings (SSSR count). The van der Waals surface area contributed by atoms with E-state index in [4.69, 9.17) is 5.73 Å². The van der Waals surface area contributed by atoms with Crippen LogP contribution >= 0.6 is 0 Å². The van der Waals surface area contributed by atoms with Gasteiger partial charge >= 0.3 is 51.4 Å². The van der Waals surface area contributed by atoms with Gasteiger partial charge in [-0.25, -0.2) is 8.42 Å². The van der Waals surface area contributed by atoms with Gasteiger partial charge in [0.05, 0.1) is 11.4 Å². The second kappa shape index (κ2) is 7.67. The number of hydrogen-bond acceptors (Lipinski definition) is 6. The molecule has 7 nitrogen and oxygen atoms in total. The SMILES string of the molecule is Nc1ccc(CN2C(=O)c3cccc4c(S(=O)(=O)[O-])ccc(c34)C2=O)cc1.[K+]. The van der Waals surface area contributed by atoms with E-state index in [1.165, 1.54) is 24.3 Å². The van der Waals surface area contributed by atoms with Gasteiger partial charge in [-0.2, -0.15) is 0 Å². The number of nitrogens with zero attached hydrogens (tertiary/aromatic N) is 1. The van der Waals surface area contributed by atoms with E-state index in [0.29, 0.717) is 5.69 Å². The molecule has 0 fully saturated rings. The van der Waals surface area contributed by atoms with Crippen molar-refractivity contribution in [2.45, 2.75) is 11.4 Å². The molecule has 0 radical (unpaired) electrons. The third-order valence-corrected chi connectivity index (χ3v) is 5.44. The number of benzene rings is 3. The fourth-order valence-corrected chi connectivity index (χ4v) is 3.96. The number of amides is 2. The fraction of sp³-hybridized carbons (Fsp3) is 0.0526. The van der Waals surface area contributed by atoms with Crippen LogP contribution in [0.25, 0.3) is 10.8 Å². The molecule has 28 heavy (non-hydrogen) atoms. The molecule has 0 aliphatic carbocycles. The Labute approximate surface area is 203 Å². The summed E-state index contributed by atoms with van der Waals surface area (Å²) < 4.78 is 34.6. The summed E-state index contributed by atoms with van der Waals surface area (Å²) in [7, 11) is -4.75. The van der Waals surface area contributed by atoms with Crippen LogP contribution in [0.1, 0.15) is 26.3 Å². The van der Waals surface area contributed by atoms with Crippen molar-refractivity contribution in [1.82, 2.24) is 4.90 Å². The maximum absolute atomic E-state index is 12.9. The van der Waals surface area contributed by atoms with Crippen molar-refractivity contribution in [3.8, 4) is 0 Å². The predicted molar refractivity (Wildman–Crippen MR) is 97.0 cm³/mol. The average molecular weight is 420 g/mol. The molecule has 2 amide bonds. The zero-order chi connectivity index (χ0) is 19.3. The van der Waals surface area contributed by atoms with Gasteiger partial charge in [0.1, 0.15) is 10.1 Å². The molecule has 2 N–H and O–H groups in total. The molecule has 0 spiro atoms. The summed E-state index contributed by atoms with van der Waals surface area (Å²) in [4.78, 5) is 26.4. The first kappa shape index (κ1) is 21.1. The quantitative estimate of drug-likeness (QED) is 0.254. The minimum Gasteiger partial charge on any atom is -0.744 e. The zero-order valence-electron chi connectivity index (χ0n) is 14.9. The molecule has 3 aromatic rings. The van der Waals surface area contributed by atoms with Crippen LogP contribution in [-0.4, -0.2) is 29.7 Å². The summed E-state index contributed by atoms with van der Waals surface area (Å²) in [6.45, 7) is 0.0510. The van der Waals surface area contributed by atoms with E-state index in [9.17, 15) is 22.6 Å². The summed E-state index contributed by atoms with van der Waals surface area (Å²) in [6, 6.07) is 13.6. The maximum Gasteiger partial charge on any atom is 1.00 e. The molecule has 9 heteroatoms. The Morgan fingerprint density at radius 3 is 2.11 bits per heavy atom. The summed E-state index contributed by atoms with van der Waals surface area (Å²) in [5, 5.41) is 0.270. The zero-order valence-corrected chi connectivity index (χ0v) is 18.8. The average Bonchev–Trinajstić information content (AvgIpc) is 2.63. The molecule has 0 saturated heterocycles. The molecule has 0 atom stereocenters. The molecule has 3 aromatic carbocycles. The number of imide groups is 1. The van der Waals surface area contributed by atoms with Gasteiger partial charge in [0.15, 0.2) is 0 Å². The molecule has 1 aliphatic rings. The van der Waals surface area contributed by atoms with Gasteiger partial charge in [-0.1, -0.05) is 24.3 Å². The minimum absolute atomic E-state index is 0. The van der Waals surface area contributed by atoms with Crippen molar-refractivity contribution < 1.29 is 73.9 Å². The topological polar surface area (TPSA) is 121 Å². The van der Waals surface area contributed by atoms with E-state index in [2.05, 4.69) is 0 Å². The molecule has 0 saturated carbocycles. The van der Waals surface area contributed by atoms with E-state index in [0.717, 1.165) is 16.5 Å². The number of rotatable bonds is 3. The molecule has 0 unspecified atom stereocenters. The normalized spacial score (nSPS) is 13.5. The Bertz CT molecular complexity index is 1200. The standard InChI is InChI=1S/C19H14N2O5S.K/c20-12-6-4-11(5-7-12)10-21-18(22)14-3-1-2-13-16(27(24,25)26)9-8-15(17(13)14)19(21)23;/h1-9H,10,20H2,(H,24,25,26);/q;+1/p-1. The molecule has 1 heterocycles. The third-order valence-electron chi connectivity index (χ3n) is 4.54. The second-order valence-electron chi connectivity index (χ2n) is 6.23. The van der Waals surface area contributed by atoms with Crippen LogP contribution in [0.4, 0.5) is 5.69 Å². The van der Waals surface area contributed by atoms with Crippen molar-refractivity contribution in [2.75, 3.05) is 5.73 Å². The number of nitrogens with two attached hydrogens (primary N) is 1. The van der Waals surface area contributed by atoms with E-state index >= 15 is 0 Å². The number of carbonyl (C=O) groups is 2. The number of carbonyl (C=O) groups excluding carboxylic acids is 2. The van der Waals surface area contributed by atoms with Gasteiger partial charge in [0.25, 0.3) is 11.8 Å². The van der Waals surface area contributed by atoms with Crippen molar-refractivity contribution >= 4 is 38.4 Å². The van der Waals surface area contributed by atoms with Crippen molar-refractivity contribution in [2.24, 2.45) is 0 Å². The van der Waals surface area contributed by atoms with Gasteiger partial charge < -0.3 is 10.3 Å². The number of anilines is 1. The first-order valence-electron chi connectivity index (χ1n) is 7.99. The van der Waals surface area contributed by atoms with Gasteiger partial charge in [-0.15, -0.1) is 0 Å². The summed E-state index contributed by atoms with van der Waals surface area (Å²) in [5.74, 6) is -1.09. The molecule has 0 aromatic heterocycles.